The summed E-state index contributed by atoms with van der Waals surface area (Å²) in [5.74, 6) is -0.582. The van der Waals surface area contributed by atoms with E-state index in [0.717, 1.165) is 14.3 Å². The van der Waals surface area contributed by atoms with Crippen LogP contribution >= 0.6 is 15.9 Å². The Morgan fingerprint density at radius 1 is 1.07 bits per heavy atom. The van der Waals surface area contributed by atoms with Crippen LogP contribution in [0.2, 0.25) is 0 Å². The highest BCUT2D eigenvalue weighted by molar-refractivity contribution is 9.10. The summed E-state index contributed by atoms with van der Waals surface area (Å²) in [5.41, 5.74) is 3.43. The number of anilines is 1. The smallest absolute Gasteiger partial charge is 0.264 e. The maximum absolute atomic E-state index is 13.1. The van der Waals surface area contributed by atoms with Crippen LogP contribution in [0.25, 0.3) is 0 Å². The molecule has 7 nitrogen and oxygen atoms in total. The maximum atomic E-state index is 13.1. The fraction of sp³-hybridized carbons (Fsp3) is 0.0500. The first-order chi connectivity index (χ1) is 14.0. The zero-order valence-electron chi connectivity index (χ0n) is 15.1. The largest absolute Gasteiger partial charge is 0.271 e. The number of rotatable bonds is 7. The number of nitrogens with zero attached hydrogens (tertiary/aromatic N) is 3. The van der Waals surface area contributed by atoms with E-state index in [2.05, 4.69) is 31.4 Å². The average molecular weight is 473 g/mol. The molecule has 0 fully saturated rings. The van der Waals surface area contributed by atoms with Gasteiger partial charge in [-0.2, -0.15) is 5.10 Å². The quantitative estimate of drug-likeness (QED) is 0.422. The van der Waals surface area contributed by atoms with Crippen molar-refractivity contribution in [2.24, 2.45) is 5.10 Å². The highest BCUT2D eigenvalue weighted by atomic mass is 79.9. The summed E-state index contributed by atoms with van der Waals surface area (Å²) >= 11 is 3.34. The third-order valence-electron chi connectivity index (χ3n) is 3.83. The molecular weight excluding hydrogens is 456 g/mol. The van der Waals surface area contributed by atoms with Gasteiger partial charge in [-0.05, 0) is 42.0 Å². The number of pyridine rings is 1. The van der Waals surface area contributed by atoms with Crippen molar-refractivity contribution in [2.75, 3.05) is 10.8 Å². The molecule has 0 unspecified atom stereocenters. The lowest BCUT2D eigenvalue weighted by Gasteiger charge is -2.23. The predicted octanol–water partition coefficient (Wildman–Crippen LogP) is 3.19. The van der Waals surface area contributed by atoms with Crippen molar-refractivity contribution in [2.45, 2.75) is 4.90 Å². The van der Waals surface area contributed by atoms with E-state index in [1.54, 1.807) is 30.3 Å². The summed E-state index contributed by atoms with van der Waals surface area (Å²) in [6.07, 6.45) is 4.39. The second kappa shape index (κ2) is 9.44. The monoisotopic (exact) mass is 472 g/mol. The van der Waals surface area contributed by atoms with Crippen molar-refractivity contribution in [3.63, 3.8) is 0 Å². The molecule has 9 heteroatoms. The van der Waals surface area contributed by atoms with Gasteiger partial charge in [0.05, 0.1) is 23.0 Å². The number of hydrazone groups is 1. The second-order valence-corrected chi connectivity index (χ2v) is 8.66. The van der Waals surface area contributed by atoms with Gasteiger partial charge in [-0.15, -0.1) is 0 Å². The molecule has 0 atom stereocenters. The summed E-state index contributed by atoms with van der Waals surface area (Å²) in [4.78, 5) is 16.4. The first-order valence-corrected chi connectivity index (χ1v) is 10.8. The fourth-order valence-corrected chi connectivity index (χ4v) is 4.12. The van der Waals surface area contributed by atoms with Gasteiger partial charge in [0.2, 0.25) is 0 Å². The van der Waals surface area contributed by atoms with Crippen molar-refractivity contribution in [1.82, 2.24) is 10.4 Å². The molecule has 0 saturated carbocycles. The molecule has 2 aromatic carbocycles. The van der Waals surface area contributed by atoms with E-state index in [1.165, 1.54) is 30.7 Å². The first-order valence-electron chi connectivity index (χ1n) is 8.52. The van der Waals surface area contributed by atoms with E-state index in [-0.39, 0.29) is 10.6 Å². The van der Waals surface area contributed by atoms with Crippen molar-refractivity contribution < 1.29 is 13.2 Å². The van der Waals surface area contributed by atoms with E-state index >= 15 is 0 Å². The SMILES string of the molecule is O=C(CN(c1cccnc1)S(=O)(=O)c1ccccc1)N/N=C\c1ccc(Br)cc1. The molecule has 1 N–H and O–H groups in total. The van der Waals surface area contributed by atoms with Crippen molar-refractivity contribution >= 4 is 43.8 Å². The number of carbonyl (C=O) groups is 1. The van der Waals surface area contributed by atoms with Crippen LogP contribution in [-0.4, -0.2) is 32.1 Å². The zero-order chi connectivity index (χ0) is 20.7. The molecule has 148 valence electrons. The third-order valence-corrected chi connectivity index (χ3v) is 6.14. The molecule has 0 aliphatic heterocycles. The minimum Gasteiger partial charge on any atom is -0.271 e. The highest BCUT2D eigenvalue weighted by Crippen LogP contribution is 2.22. The second-order valence-electron chi connectivity index (χ2n) is 5.88. The Morgan fingerprint density at radius 3 is 2.45 bits per heavy atom. The van der Waals surface area contributed by atoms with Gasteiger partial charge in [-0.25, -0.2) is 13.8 Å². The molecule has 1 amide bonds. The van der Waals surface area contributed by atoms with Crippen LogP contribution in [0, 0.1) is 0 Å². The van der Waals surface area contributed by atoms with Crippen LogP contribution < -0.4 is 9.73 Å². The third kappa shape index (κ3) is 5.49. The Balaban J connectivity index is 1.78. The van der Waals surface area contributed by atoms with Crippen LogP contribution in [0.3, 0.4) is 0 Å². The number of carbonyl (C=O) groups excluding carboxylic acids is 1. The number of amides is 1. The van der Waals surface area contributed by atoms with E-state index in [9.17, 15) is 13.2 Å². The fourth-order valence-electron chi connectivity index (χ4n) is 2.43. The van der Waals surface area contributed by atoms with Gasteiger partial charge in [0.1, 0.15) is 6.54 Å². The van der Waals surface area contributed by atoms with Crippen molar-refractivity contribution in [1.29, 1.82) is 0 Å². The molecule has 0 saturated heterocycles. The summed E-state index contributed by atoms with van der Waals surface area (Å²) in [6, 6.07) is 18.4. The highest BCUT2D eigenvalue weighted by Gasteiger charge is 2.27. The first kappa shape index (κ1) is 20.7. The molecule has 3 aromatic rings. The molecule has 0 bridgehead atoms. The summed E-state index contributed by atoms with van der Waals surface area (Å²) in [5, 5.41) is 3.90. The van der Waals surface area contributed by atoms with Crippen molar-refractivity contribution in [3.8, 4) is 0 Å². The van der Waals surface area contributed by atoms with Gasteiger partial charge in [0, 0.05) is 10.7 Å². The van der Waals surface area contributed by atoms with Crippen LogP contribution in [0.5, 0.6) is 0 Å². The number of nitrogens with one attached hydrogen (secondary N) is 1. The Labute approximate surface area is 177 Å². The number of hydrogen-bond donors (Lipinski definition) is 1. The van der Waals surface area contributed by atoms with E-state index in [0.29, 0.717) is 0 Å². The lowest BCUT2D eigenvalue weighted by atomic mass is 10.2. The number of sulfonamides is 1. The average Bonchev–Trinajstić information content (AvgIpc) is 2.74. The van der Waals surface area contributed by atoms with Gasteiger partial charge in [0.25, 0.3) is 15.9 Å². The number of halogens is 1. The minimum atomic E-state index is -3.96. The Morgan fingerprint density at radius 2 is 1.79 bits per heavy atom. The van der Waals surface area contributed by atoms with E-state index in [1.807, 2.05) is 24.3 Å². The molecular formula is C20H17BrN4O3S. The van der Waals surface area contributed by atoms with Gasteiger partial charge in [-0.1, -0.05) is 46.3 Å². The van der Waals surface area contributed by atoms with Gasteiger partial charge >= 0.3 is 0 Å². The molecule has 3 rings (SSSR count). The standard InChI is InChI=1S/C20H17BrN4O3S/c21-17-10-8-16(9-11-17)13-23-24-20(26)15-25(18-5-4-12-22-14-18)29(27,28)19-6-2-1-3-7-19/h1-14H,15H2,(H,24,26)/b23-13-. The van der Waals surface area contributed by atoms with Crippen LogP contribution in [-0.2, 0) is 14.8 Å². The normalized spacial score (nSPS) is 11.3. The number of benzene rings is 2. The Hall–Kier alpha value is -3.04. The van der Waals surface area contributed by atoms with E-state index in [4.69, 9.17) is 0 Å². The topological polar surface area (TPSA) is 91.7 Å². The summed E-state index contributed by atoms with van der Waals surface area (Å²) in [6.45, 7) is -0.444. The lowest BCUT2D eigenvalue weighted by Crippen LogP contribution is -2.39. The summed E-state index contributed by atoms with van der Waals surface area (Å²) < 4.78 is 28.1. The van der Waals surface area contributed by atoms with Crippen molar-refractivity contribution in [3.05, 3.63) is 89.2 Å². The van der Waals surface area contributed by atoms with Crippen LogP contribution in [0.4, 0.5) is 5.69 Å². The Bertz CT molecular complexity index is 1090. The lowest BCUT2D eigenvalue weighted by molar-refractivity contribution is -0.119. The number of hydrogen-bond acceptors (Lipinski definition) is 5. The molecule has 0 aliphatic carbocycles. The Kier molecular flexibility index (Phi) is 6.73. The molecule has 1 aromatic heterocycles. The van der Waals surface area contributed by atoms with Gasteiger partial charge in [0.15, 0.2) is 0 Å². The number of aromatic nitrogens is 1. The zero-order valence-corrected chi connectivity index (χ0v) is 17.5. The van der Waals surface area contributed by atoms with Gasteiger partial charge < -0.3 is 0 Å². The van der Waals surface area contributed by atoms with Crippen LogP contribution in [0.1, 0.15) is 5.56 Å². The molecule has 29 heavy (non-hydrogen) atoms. The molecule has 1 heterocycles. The van der Waals surface area contributed by atoms with Gasteiger partial charge in [-0.3, -0.25) is 14.1 Å². The van der Waals surface area contributed by atoms with E-state index < -0.39 is 22.5 Å². The molecule has 0 aliphatic rings. The predicted molar refractivity (Wildman–Crippen MR) is 115 cm³/mol. The molecule has 0 radical (unpaired) electrons. The molecule has 0 spiro atoms. The van der Waals surface area contributed by atoms with Crippen LogP contribution in [0.15, 0.2) is 93.6 Å². The summed E-state index contributed by atoms with van der Waals surface area (Å²) in [7, 11) is -3.96. The minimum absolute atomic E-state index is 0.0787. The maximum Gasteiger partial charge on any atom is 0.264 e.